The van der Waals surface area contributed by atoms with E-state index in [1.54, 1.807) is 0 Å². The Morgan fingerprint density at radius 3 is 2.54 bits per heavy atom. The molecule has 1 saturated heterocycles. The number of rotatable bonds is 4. The molecule has 1 saturated carbocycles. The zero-order chi connectivity index (χ0) is 17.1. The van der Waals surface area contributed by atoms with Crippen molar-refractivity contribution in [3.05, 3.63) is 11.6 Å². The van der Waals surface area contributed by atoms with Gasteiger partial charge in [-0.05, 0) is 33.1 Å². The zero-order valence-corrected chi connectivity index (χ0v) is 15.4. The van der Waals surface area contributed by atoms with Gasteiger partial charge in [0.1, 0.15) is 11.6 Å². The second kappa shape index (κ2) is 7.64. The highest BCUT2D eigenvalue weighted by Gasteiger charge is 2.28. The van der Waals surface area contributed by atoms with Crippen LogP contribution >= 0.6 is 0 Å². The van der Waals surface area contributed by atoms with Crippen LogP contribution in [0.4, 0.5) is 0 Å². The van der Waals surface area contributed by atoms with Crippen molar-refractivity contribution in [3.63, 3.8) is 0 Å². The first-order chi connectivity index (χ1) is 11.5. The summed E-state index contributed by atoms with van der Waals surface area (Å²) in [5, 5.41) is 4.39. The van der Waals surface area contributed by atoms with Crippen LogP contribution in [0.2, 0.25) is 0 Å². The first-order valence-corrected chi connectivity index (χ1v) is 9.45. The Bertz CT molecular complexity index is 564. The summed E-state index contributed by atoms with van der Waals surface area (Å²) in [6, 6.07) is 0.762. The molecule has 0 spiro atoms. The van der Waals surface area contributed by atoms with Crippen LogP contribution in [0.1, 0.15) is 50.7 Å². The summed E-state index contributed by atoms with van der Waals surface area (Å²) in [6.45, 7) is 10.4. The highest BCUT2D eigenvalue weighted by molar-refractivity contribution is 5.78. The van der Waals surface area contributed by atoms with Gasteiger partial charge in [0, 0.05) is 32.2 Å². The largest absolute Gasteiger partial charge is 0.341 e. The molecular weight excluding hydrogens is 302 g/mol. The summed E-state index contributed by atoms with van der Waals surface area (Å²) in [4.78, 5) is 21.9. The Morgan fingerprint density at radius 2 is 1.88 bits per heavy atom. The fraction of sp³-hybridized carbons (Fsp3) is 0.833. The minimum atomic E-state index is -0.0529. The lowest BCUT2D eigenvalue weighted by atomic mass is 10.1. The molecule has 0 N–H and O–H groups in total. The van der Waals surface area contributed by atoms with Gasteiger partial charge < -0.3 is 4.90 Å². The Balaban J connectivity index is 1.55. The summed E-state index contributed by atoms with van der Waals surface area (Å²) in [6.07, 6.45) is 6.52. The number of aromatic nitrogens is 3. The van der Waals surface area contributed by atoms with Crippen molar-refractivity contribution in [1.82, 2.24) is 24.6 Å². The van der Waals surface area contributed by atoms with Crippen LogP contribution in [-0.4, -0.2) is 62.7 Å². The van der Waals surface area contributed by atoms with Crippen LogP contribution in [-0.2, 0) is 11.3 Å². The maximum absolute atomic E-state index is 12.8. The van der Waals surface area contributed by atoms with Gasteiger partial charge in [0.15, 0.2) is 0 Å². The normalized spacial score (nSPS) is 21.9. The third kappa shape index (κ3) is 3.97. The summed E-state index contributed by atoms with van der Waals surface area (Å²) >= 11 is 0. The standard InChI is InChI=1S/C18H31N5O/c1-14(13-23-16(3)19-15(2)20-23)18(24)22-10-6-9-21(11-12-22)17-7-4-5-8-17/h14,17H,4-13H2,1-3H3/t14-/m0/s1. The highest BCUT2D eigenvalue weighted by atomic mass is 16.2. The van der Waals surface area contributed by atoms with E-state index >= 15 is 0 Å². The SMILES string of the molecule is Cc1nc(C)n(C[C@H](C)C(=O)N2CCCN(C3CCCC3)CC2)n1. The smallest absolute Gasteiger partial charge is 0.227 e. The first-order valence-electron chi connectivity index (χ1n) is 9.45. The van der Waals surface area contributed by atoms with Crippen molar-refractivity contribution in [2.75, 3.05) is 26.2 Å². The van der Waals surface area contributed by atoms with Gasteiger partial charge in [-0.25, -0.2) is 9.67 Å². The van der Waals surface area contributed by atoms with E-state index in [0.717, 1.165) is 50.3 Å². The third-order valence-electron chi connectivity index (χ3n) is 5.51. The third-order valence-corrected chi connectivity index (χ3v) is 5.51. The molecule has 2 aliphatic rings. The molecule has 0 radical (unpaired) electrons. The molecular formula is C18H31N5O. The van der Waals surface area contributed by atoms with E-state index < -0.39 is 0 Å². The summed E-state index contributed by atoms with van der Waals surface area (Å²) < 4.78 is 1.86. The molecule has 0 aromatic carbocycles. The molecule has 1 aliphatic carbocycles. The molecule has 6 heteroatoms. The van der Waals surface area contributed by atoms with Crippen LogP contribution < -0.4 is 0 Å². The van der Waals surface area contributed by atoms with Gasteiger partial charge in [0.2, 0.25) is 5.91 Å². The molecule has 2 heterocycles. The molecule has 1 aliphatic heterocycles. The Hall–Kier alpha value is -1.43. The van der Waals surface area contributed by atoms with Gasteiger partial charge in [0.25, 0.3) is 0 Å². The van der Waals surface area contributed by atoms with Crippen LogP contribution in [0.5, 0.6) is 0 Å². The van der Waals surface area contributed by atoms with E-state index in [4.69, 9.17) is 0 Å². The number of aryl methyl sites for hydroxylation is 2. The van der Waals surface area contributed by atoms with E-state index in [-0.39, 0.29) is 11.8 Å². The molecule has 3 rings (SSSR count). The van der Waals surface area contributed by atoms with Crippen molar-refractivity contribution in [1.29, 1.82) is 0 Å². The fourth-order valence-corrected chi connectivity index (χ4v) is 4.18. The molecule has 2 fully saturated rings. The fourth-order valence-electron chi connectivity index (χ4n) is 4.18. The van der Waals surface area contributed by atoms with E-state index in [1.807, 2.05) is 25.5 Å². The van der Waals surface area contributed by atoms with E-state index in [2.05, 4.69) is 19.9 Å². The van der Waals surface area contributed by atoms with Gasteiger partial charge in [-0.2, -0.15) is 5.10 Å². The van der Waals surface area contributed by atoms with Gasteiger partial charge in [0.05, 0.1) is 12.5 Å². The van der Waals surface area contributed by atoms with Gasteiger partial charge in [-0.3, -0.25) is 9.69 Å². The molecule has 0 bridgehead atoms. The second-order valence-corrected chi connectivity index (χ2v) is 7.44. The average molecular weight is 333 g/mol. The maximum atomic E-state index is 12.8. The summed E-state index contributed by atoms with van der Waals surface area (Å²) in [7, 11) is 0. The molecule has 6 nitrogen and oxygen atoms in total. The minimum Gasteiger partial charge on any atom is -0.341 e. The number of carbonyl (C=O) groups excluding carboxylic acids is 1. The van der Waals surface area contributed by atoms with Gasteiger partial charge in [-0.15, -0.1) is 0 Å². The zero-order valence-electron chi connectivity index (χ0n) is 15.4. The number of nitrogens with zero attached hydrogens (tertiary/aromatic N) is 5. The average Bonchev–Trinajstić information content (AvgIpc) is 3.11. The highest BCUT2D eigenvalue weighted by Crippen LogP contribution is 2.24. The van der Waals surface area contributed by atoms with E-state index in [9.17, 15) is 4.79 Å². The molecule has 24 heavy (non-hydrogen) atoms. The number of amides is 1. The van der Waals surface area contributed by atoms with Crippen LogP contribution in [0.25, 0.3) is 0 Å². The summed E-state index contributed by atoms with van der Waals surface area (Å²) in [5.74, 6) is 1.86. The van der Waals surface area contributed by atoms with Crippen molar-refractivity contribution in [3.8, 4) is 0 Å². The first kappa shape index (κ1) is 17.4. The Labute approximate surface area is 145 Å². The van der Waals surface area contributed by atoms with Crippen molar-refractivity contribution >= 4 is 5.91 Å². The topological polar surface area (TPSA) is 54.3 Å². The van der Waals surface area contributed by atoms with E-state index in [1.165, 1.54) is 25.7 Å². The Morgan fingerprint density at radius 1 is 1.12 bits per heavy atom. The predicted molar refractivity (Wildman–Crippen MR) is 93.7 cm³/mol. The van der Waals surface area contributed by atoms with Crippen LogP contribution in [0, 0.1) is 19.8 Å². The van der Waals surface area contributed by atoms with Crippen molar-refractivity contribution in [2.24, 2.45) is 5.92 Å². The predicted octanol–water partition coefficient (Wildman–Crippen LogP) is 2.01. The molecule has 1 aromatic rings. The monoisotopic (exact) mass is 333 g/mol. The van der Waals surface area contributed by atoms with Crippen LogP contribution in [0.15, 0.2) is 0 Å². The molecule has 1 amide bonds. The minimum absolute atomic E-state index is 0.0529. The number of hydrogen-bond donors (Lipinski definition) is 0. The molecule has 134 valence electrons. The second-order valence-electron chi connectivity index (χ2n) is 7.44. The van der Waals surface area contributed by atoms with Crippen LogP contribution in [0.3, 0.4) is 0 Å². The van der Waals surface area contributed by atoms with Gasteiger partial charge >= 0.3 is 0 Å². The lowest BCUT2D eigenvalue weighted by molar-refractivity contribution is -0.135. The van der Waals surface area contributed by atoms with E-state index in [0.29, 0.717) is 6.54 Å². The van der Waals surface area contributed by atoms with Crippen molar-refractivity contribution in [2.45, 2.75) is 65.5 Å². The maximum Gasteiger partial charge on any atom is 0.227 e. The lowest BCUT2D eigenvalue weighted by Crippen LogP contribution is -2.41. The lowest BCUT2D eigenvalue weighted by Gasteiger charge is -2.28. The summed E-state index contributed by atoms with van der Waals surface area (Å²) in [5.41, 5.74) is 0. The molecule has 1 aromatic heterocycles. The number of carbonyl (C=O) groups is 1. The quantitative estimate of drug-likeness (QED) is 0.846. The van der Waals surface area contributed by atoms with Crippen molar-refractivity contribution < 1.29 is 4.79 Å². The van der Waals surface area contributed by atoms with Gasteiger partial charge in [-0.1, -0.05) is 19.8 Å². The molecule has 1 atom stereocenters. The Kier molecular flexibility index (Phi) is 5.54. The number of hydrogen-bond acceptors (Lipinski definition) is 4. The molecule has 0 unspecified atom stereocenters.